The van der Waals surface area contributed by atoms with Gasteiger partial charge in [-0.25, -0.2) is 4.98 Å². The van der Waals surface area contributed by atoms with Crippen LogP contribution in [0.1, 0.15) is 25.3 Å². The number of aromatic nitrogens is 3. The van der Waals surface area contributed by atoms with E-state index in [0.29, 0.717) is 12.5 Å². The lowest BCUT2D eigenvalue weighted by molar-refractivity contribution is 0.0669. The molecule has 0 radical (unpaired) electrons. The van der Waals surface area contributed by atoms with E-state index < -0.39 is 0 Å². The molecule has 3 aromatic rings. The number of benzene rings is 1. The summed E-state index contributed by atoms with van der Waals surface area (Å²) in [5.74, 6) is 0.688. The molecule has 1 aliphatic rings. The Morgan fingerprint density at radius 1 is 1.28 bits per heavy atom. The standard InChI is InChI=1S/C20H23N3O2/c1-3-14-6-7-17-18(9-14)20(25-13-16-5-4-8-24-16)21-11-19(17)15-10-22-23(2)12-15/h6-7,9-12,16H,3-5,8,13H2,1-2H3. The summed E-state index contributed by atoms with van der Waals surface area (Å²) >= 11 is 0. The predicted molar refractivity (Wildman–Crippen MR) is 97.8 cm³/mol. The highest BCUT2D eigenvalue weighted by Gasteiger charge is 2.18. The summed E-state index contributed by atoms with van der Waals surface area (Å²) in [7, 11) is 1.92. The van der Waals surface area contributed by atoms with Crippen molar-refractivity contribution in [1.29, 1.82) is 0 Å². The van der Waals surface area contributed by atoms with Crippen molar-refractivity contribution in [3.8, 4) is 17.0 Å². The van der Waals surface area contributed by atoms with Crippen LogP contribution in [0.25, 0.3) is 21.9 Å². The van der Waals surface area contributed by atoms with Gasteiger partial charge in [-0.3, -0.25) is 4.68 Å². The molecule has 1 aliphatic heterocycles. The van der Waals surface area contributed by atoms with E-state index in [2.05, 4.69) is 35.2 Å². The Morgan fingerprint density at radius 3 is 2.92 bits per heavy atom. The third-order valence-electron chi connectivity index (χ3n) is 4.77. The molecule has 0 amide bonds. The zero-order chi connectivity index (χ0) is 17.2. The van der Waals surface area contributed by atoms with Crippen LogP contribution in [-0.2, 0) is 18.2 Å². The number of rotatable bonds is 5. The van der Waals surface area contributed by atoms with Crippen LogP contribution in [0.2, 0.25) is 0 Å². The van der Waals surface area contributed by atoms with Crippen molar-refractivity contribution in [3.05, 3.63) is 42.4 Å². The van der Waals surface area contributed by atoms with Gasteiger partial charge in [0.1, 0.15) is 6.61 Å². The molecule has 1 unspecified atom stereocenters. The van der Waals surface area contributed by atoms with E-state index in [1.165, 1.54) is 5.56 Å². The van der Waals surface area contributed by atoms with Crippen LogP contribution in [0, 0.1) is 0 Å². The normalized spacial score (nSPS) is 17.3. The summed E-state index contributed by atoms with van der Waals surface area (Å²) in [5.41, 5.74) is 3.42. The lowest BCUT2D eigenvalue weighted by atomic mass is 10.0. The van der Waals surface area contributed by atoms with Gasteiger partial charge in [-0.05, 0) is 36.3 Å². The highest BCUT2D eigenvalue weighted by atomic mass is 16.5. The lowest BCUT2D eigenvalue weighted by Gasteiger charge is -2.14. The van der Waals surface area contributed by atoms with Crippen LogP contribution in [-0.4, -0.2) is 34.1 Å². The molecular weight excluding hydrogens is 314 g/mol. The number of pyridine rings is 1. The molecule has 1 fully saturated rings. The van der Waals surface area contributed by atoms with E-state index >= 15 is 0 Å². The van der Waals surface area contributed by atoms with Crippen LogP contribution in [0.5, 0.6) is 5.88 Å². The van der Waals surface area contributed by atoms with Crippen molar-refractivity contribution in [2.75, 3.05) is 13.2 Å². The van der Waals surface area contributed by atoms with Crippen molar-refractivity contribution >= 4 is 10.8 Å². The number of hydrogen-bond donors (Lipinski definition) is 0. The zero-order valence-corrected chi connectivity index (χ0v) is 14.7. The summed E-state index contributed by atoms with van der Waals surface area (Å²) in [6.07, 6.45) is 9.11. The van der Waals surface area contributed by atoms with Gasteiger partial charge < -0.3 is 9.47 Å². The molecule has 1 atom stereocenters. The number of aryl methyl sites for hydroxylation is 2. The van der Waals surface area contributed by atoms with Crippen LogP contribution in [0.3, 0.4) is 0 Å². The Kier molecular flexibility index (Phi) is 4.40. The highest BCUT2D eigenvalue weighted by molar-refractivity contribution is 5.98. The molecule has 25 heavy (non-hydrogen) atoms. The van der Waals surface area contributed by atoms with Gasteiger partial charge in [0.2, 0.25) is 5.88 Å². The molecule has 130 valence electrons. The van der Waals surface area contributed by atoms with Gasteiger partial charge in [0.15, 0.2) is 0 Å². The third kappa shape index (κ3) is 3.24. The second-order valence-corrected chi connectivity index (χ2v) is 6.56. The van der Waals surface area contributed by atoms with Gasteiger partial charge in [-0.2, -0.15) is 5.10 Å². The first-order valence-corrected chi connectivity index (χ1v) is 8.89. The first kappa shape index (κ1) is 16.1. The van der Waals surface area contributed by atoms with Gasteiger partial charge in [-0.1, -0.05) is 19.1 Å². The number of ether oxygens (including phenoxy) is 2. The number of fused-ring (bicyclic) bond motifs is 1. The van der Waals surface area contributed by atoms with E-state index in [4.69, 9.17) is 9.47 Å². The van der Waals surface area contributed by atoms with Crippen molar-refractivity contribution in [1.82, 2.24) is 14.8 Å². The minimum atomic E-state index is 0.184. The molecule has 5 nitrogen and oxygen atoms in total. The van der Waals surface area contributed by atoms with Gasteiger partial charge in [0.05, 0.1) is 12.3 Å². The van der Waals surface area contributed by atoms with Gasteiger partial charge in [0.25, 0.3) is 0 Å². The predicted octanol–water partition coefficient (Wildman–Crippen LogP) is 3.76. The molecule has 4 rings (SSSR count). The Balaban J connectivity index is 1.75. The van der Waals surface area contributed by atoms with E-state index in [1.807, 2.05) is 30.3 Å². The van der Waals surface area contributed by atoms with Crippen molar-refractivity contribution in [2.45, 2.75) is 32.3 Å². The molecular formula is C20H23N3O2. The fourth-order valence-electron chi connectivity index (χ4n) is 3.34. The minimum Gasteiger partial charge on any atom is -0.474 e. The van der Waals surface area contributed by atoms with Crippen molar-refractivity contribution in [2.24, 2.45) is 7.05 Å². The Hall–Kier alpha value is -2.40. The summed E-state index contributed by atoms with van der Waals surface area (Å²) in [6, 6.07) is 6.52. The summed E-state index contributed by atoms with van der Waals surface area (Å²) in [4.78, 5) is 4.61. The van der Waals surface area contributed by atoms with Crippen LogP contribution >= 0.6 is 0 Å². The SMILES string of the molecule is CCc1ccc2c(-c3cnn(C)c3)cnc(OCC3CCCO3)c2c1. The molecule has 3 heterocycles. The topological polar surface area (TPSA) is 49.2 Å². The molecule has 5 heteroatoms. The molecule has 1 aromatic carbocycles. The van der Waals surface area contributed by atoms with E-state index in [9.17, 15) is 0 Å². The Bertz CT molecular complexity index is 882. The number of hydrogen-bond acceptors (Lipinski definition) is 4. The van der Waals surface area contributed by atoms with Gasteiger partial charge in [0, 0.05) is 42.6 Å². The molecule has 0 bridgehead atoms. The molecule has 2 aromatic heterocycles. The fourth-order valence-corrected chi connectivity index (χ4v) is 3.34. The van der Waals surface area contributed by atoms with Gasteiger partial charge >= 0.3 is 0 Å². The van der Waals surface area contributed by atoms with E-state index in [0.717, 1.165) is 47.8 Å². The second-order valence-electron chi connectivity index (χ2n) is 6.56. The molecule has 1 saturated heterocycles. The smallest absolute Gasteiger partial charge is 0.221 e. The number of nitrogens with zero attached hydrogens (tertiary/aromatic N) is 3. The van der Waals surface area contributed by atoms with Crippen molar-refractivity contribution < 1.29 is 9.47 Å². The molecule has 0 aliphatic carbocycles. The minimum absolute atomic E-state index is 0.184. The average Bonchev–Trinajstić information content (AvgIpc) is 3.30. The quantitative estimate of drug-likeness (QED) is 0.711. The molecule has 0 saturated carbocycles. The van der Waals surface area contributed by atoms with Crippen LogP contribution < -0.4 is 4.74 Å². The Morgan fingerprint density at radius 2 is 2.20 bits per heavy atom. The summed E-state index contributed by atoms with van der Waals surface area (Å²) in [5, 5.41) is 6.48. The maximum Gasteiger partial charge on any atom is 0.221 e. The summed E-state index contributed by atoms with van der Waals surface area (Å²) in [6.45, 7) is 3.55. The van der Waals surface area contributed by atoms with E-state index in [1.54, 1.807) is 0 Å². The first-order chi connectivity index (χ1) is 12.2. The zero-order valence-electron chi connectivity index (χ0n) is 14.7. The van der Waals surface area contributed by atoms with Crippen LogP contribution in [0.15, 0.2) is 36.8 Å². The monoisotopic (exact) mass is 337 g/mol. The highest BCUT2D eigenvalue weighted by Crippen LogP contribution is 2.33. The van der Waals surface area contributed by atoms with Gasteiger partial charge in [-0.15, -0.1) is 0 Å². The maximum atomic E-state index is 6.04. The lowest BCUT2D eigenvalue weighted by Crippen LogP contribution is -2.16. The van der Waals surface area contributed by atoms with E-state index in [-0.39, 0.29) is 6.10 Å². The maximum absolute atomic E-state index is 6.04. The largest absolute Gasteiger partial charge is 0.474 e. The van der Waals surface area contributed by atoms with Crippen LogP contribution in [0.4, 0.5) is 0 Å². The second kappa shape index (κ2) is 6.84. The fraction of sp³-hybridized carbons (Fsp3) is 0.400. The Labute approximate surface area is 147 Å². The average molecular weight is 337 g/mol. The van der Waals surface area contributed by atoms with Crippen molar-refractivity contribution in [3.63, 3.8) is 0 Å². The first-order valence-electron chi connectivity index (χ1n) is 8.89. The third-order valence-corrected chi connectivity index (χ3v) is 4.77. The summed E-state index contributed by atoms with van der Waals surface area (Å²) < 4.78 is 13.5. The molecule has 0 spiro atoms. The molecule has 0 N–H and O–H groups in total.